The first-order chi connectivity index (χ1) is 15.9. The maximum absolute atomic E-state index is 12.9. The van der Waals surface area contributed by atoms with E-state index in [0.717, 1.165) is 21.7 Å². The first kappa shape index (κ1) is 25.2. The Morgan fingerprint density at radius 1 is 0.941 bits per heavy atom. The van der Waals surface area contributed by atoms with Crippen LogP contribution in [0.2, 0.25) is 0 Å². The molecular weight excluding hydrogens is 476 g/mol. The average molecular weight is 503 g/mol. The van der Waals surface area contributed by atoms with Crippen LogP contribution in [-0.2, 0) is 24.8 Å². The average Bonchev–Trinajstić information content (AvgIpc) is 2.76. The number of pyridine rings is 1. The van der Waals surface area contributed by atoms with Crippen LogP contribution in [0.25, 0.3) is 0 Å². The van der Waals surface area contributed by atoms with E-state index in [0.29, 0.717) is 17.1 Å². The van der Waals surface area contributed by atoms with E-state index in [1.165, 1.54) is 43.6 Å². The Kier molecular flexibility index (Phi) is 7.27. The molecule has 0 radical (unpaired) electrons. The van der Waals surface area contributed by atoms with Gasteiger partial charge >= 0.3 is 0 Å². The van der Waals surface area contributed by atoms with Gasteiger partial charge in [-0.05, 0) is 80.4 Å². The summed E-state index contributed by atoms with van der Waals surface area (Å²) >= 11 is 0. The van der Waals surface area contributed by atoms with Crippen molar-refractivity contribution >= 4 is 43.0 Å². The van der Waals surface area contributed by atoms with Crippen molar-refractivity contribution in [3.63, 3.8) is 0 Å². The van der Waals surface area contributed by atoms with Crippen molar-refractivity contribution in [2.24, 2.45) is 0 Å². The number of rotatable bonds is 8. The fourth-order valence-electron chi connectivity index (χ4n) is 3.27. The van der Waals surface area contributed by atoms with Crippen LogP contribution < -0.4 is 14.3 Å². The van der Waals surface area contributed by atoms with Gasteiger partial charge in [-0.3, -0.25) is 18.8 Å². The van der Waals surface area contributed by atoms with Crippen molar-refractivity contribution < 1.29 is 21.6 Å². The molecule has 2 N–H and O–H groups in total. The highest BCUT2D eigenvalue weighted by Gasteiger charge is 2.29. The molecule has 0 aliphatic carbocycles. The summed E-state index contributed by atoms with van der Waals surface area (Å²) in [5.74, 6) is -0.562. The van der Waals surface area contributed by atoms with Gasteiger partial charge in [0.15, 0.2) is 0 Å². The predicted octanol–water partition coefficient (Wildman–Crippen LogP) is 3.29. The van der Waals surface area contributed by atoms with E-state index < -0.39 is 32.0 Å². The number of nitrogens with zero attached hydrogens (tertiary/aromatic N) is 2. The molecule has 3 rings (SSSR count). The molecule has 9 nitrogen and oxygen atoms in total. The summed E-state index contributed by atoms with van der Waals surface area (Å²) in [5.41, 5.74) is 2.93. The summed E-state index contributed by atoms with van der Waals surface area (Å²) in [6.07, 6.45) is 3.96. The van der Waals surface area contributed by atoms with Gasteiger partial charge in [0.2, 0.25) is 15.9 Å². The third-order valence-electron chi connectivity index (χ3n) is 5.18. The van der Waals surface area contributed by atoms with E-state index in [1.807, 2.05) is 13.8 Å². The van der Waals surface area contributed by atoms with Crippen molar-refractivity contribution in [3.05, 3.63) is 78.1 Å². The molecule has 3 aromatic rings. The summed E-state index contributed by atoms with van der Waals surface area (Å²) in [7, 11) is -7.60. The highest BCUT2D eigenvalue weighted by molar-refractivity contribution is 7.92. The number of aromatic nitrogens is 1. The summed E-state index contributed by atoms with van der Waals surface area (Å²) in [4.78, 5) is 16.8. The highest BCUT2D eigenvalue weighted by Crippen LogP contribution is 2.25. The molecule has 0 aliphatic rings. The van der Waals surface area contributed by atoms with Crippen LogP contribution in [0.1, 0.15) is 18.1 Å². The number of hydrogen-bond donors (Lipinski definition) is 2. The van der Waals surface area contributed by atoms with E-state index in [-0.39, 0.29) is 4.90 Å². The minimum Gasteiger partial charge on any atom is -0.324 e. The van der Waals surface area contributed by atoms with Crippen LogP contribution in [0.3, 0.4) is 0 Å². The van der Waals surface area contributed by atoms with Gasteiger partial charge in [0.1, 0.15) is 6.04 Å². The van der Waals surface area contributed by atoms with Crippen LogP contribution in [-0.4, -0.2) is 40.0 Å². The Morgan fingerprint density at radius 2 is 1.62 bits per heavy atom. The highest BCUT2D eigenvalue weighted by atomic mass is 32.2. The number of benzene rings is 2. The zero-order valence-electron chi connectivity index (χ0n) is 19.2. The van der Waals surface area contributed by atoms with E-state index >= 15 is 0 Å². The monoisotopic (exact) mass is 502 g/mol. The molecule has 11 heteroatoms. The van der Waals surface area contributed by atoms with Gasteiger partial charge in [-0.15, -0.1) is 0 Å². The van der Waals surface area contributed by atoms with E-state index in [1.54, 1.807) is 30.3 Å². The molecule has 0 aliphatic heterocycles. The number of anilines is 3. The van der Waals surface area contributed by atoms with Gasteiger partial charge in [0, 0.05) is 11.9 Å². The lowest BCUT2D eigenvalue weighted by Crippen LogP contribution is -2.45. The Bertz CT molecular complexity index is 1390. The molecule has 1 atom stereocenters. The summed E-state index contributed by atoms with van der Waals surface area (Å²) in [6, 6.07) is 12.9. The molecule has 34 heavy (non-hydrogen) atoms. The summed E-state index contributed by atoms with van der Waals surface area (Å²) in [5, 5.41) is 2.65. The van der Waals surface area contributed by atoms with Crippen LogP contribution in [0.5, 0.6) is 0 Å². The number of amides is 1. The lowest BCUT2D eigenvalue weighted by molar-refractivity contribution is -0.116. The molecule has 1 unspecified atom stereocenters. The second-order valence-electron chi connectivity index (χ2n) is 7.86. The predicted molar refractivity (Wildman–Crippen MR) is 133 cm³/mol. The van der Waals surface area contributed by atoms with E-state index in [4.69, 9.17) is 0 Å². The zero-order chi connectivity index (χ0) is 25.1. The largest absolute Gasteiger partial charge is 0.324 e. The standard InChI is InChI=1S/C23H26N4O5S2/c1-16-7-10-21(14-17(16)2)27(33(4,29)30)18(3)23(28)25-19-8-11-22(12-9-19)34(31,32)26-20-6-5-13-24-15-20/h5-15,18,26H,1-4H3,(H,25,28). The Labute approximate surface area is 199 Å². The molecule has 1 amide bonds. The minimum atomic E-state index is -3.84. The van der Waals surface area contributed by atoms with E-state index in [2.05, 4.69) is 15.0 Å². The lowest BCUT2D eigenvalue weighted by atomic mass is 10.1. The van der Waals surface area contributed by atoms with Gasteiger partial charge in [-0.1, -0.05) is 6.07 Å². The molecule has 1 aromatic heterocycles. The van der Waals surface area contributed by atoms with Crippen LogP contribution in [0.15, 0.2) is 71.9 Å². The smallest absolute Gasteiger partial charge is 0.261 e. The zero-order valence-corrected chi connectivity index (χ0v) is 20.8. The maximum atomic E-state index is 12.9. The second-order valence-corrected chi connectivity index (χ2v) is 11.4. The number of aryl methyl sites for hydroxylation is 2. The van der Waals surface area contributed by atoms with E-state index in [9.17, 15) is 21.6 Å². The number of nitrogens with one attached hydrogen (secondary N) is 2. The van der Waals surface area contributed by atoms with Gasteiger partial charge in [-0.2, -0.15) is 0 Å². The first-order valence-corrected chi connectivity index (χ1v) is 13.6. The van der Waals surface area contributed by atoms with Crippen molar-refractivity contribution in [2.45, 2.75) is 31.7 Å². The second kappa shape index (κ2) is 9.82. The molecule has 180 valence electrons. The Hall–Kier alpha value is -3.44. The van der Waals surface area contributed by atoms with Crippen LogP contribution in [0.4, 0.5) is 17.1 Å². The van der Waals surface area contributed by atoms with Gasteiger partial charge in [0.25, 0.3) is 10.0 Å². The van der Waals surface area contributed by atoms with Gasteiger partial charge in [-0.25, -0.2) is 16.8 Å². The van der Waals surface area contributed by atoms with Crippen molar-refractivity contribution in [1.29, 1.82) is 0 Å². The Balaban J connectivity index is 1.78. The molecular formula is C23H26N4O5S2. The summed E-state index contributed by atoms with van der Waals surface area (Å²) in [6.45, 7) is 5.27. The summed E-state index contributed by atoms with van der Waals surface area (Å²) < 4.78 is 53.6. The maximum Gasteiger partial charge on any atom is 0.261 e. The third-order valence-corrected chi connectivity index (χ3v) is 7.82. The molecule has 0 fully saturated rings. The molecule has 0 bridgehead atoms. The van der Waals surface area contributed by atoms with Crippen LogP contribution >= 0.6 is 0 Å². The van der Waals surface area contributed by atoms with Gasteiger partial charge in [0.05, 0.1) is 28.7 Å². The van der Waals surface area contributed by atoms with Crippen molar-refractivity contribution in [3.8, 4) is 0 Å². The molecule has 2 aromatic carbocycles. The topological polar surface area (TPSA) is 126 Å². The molecule has 1 heterocycles. The van der Waals surface area contributed by atoms with Gasteiger partial charge < -0.3 is 5.32 Å². The quantitative estimate of drug-likeness (QED) is 0.487. The van der Waals surface area contributed by atoms with Crippen LogP contribution in [0, 0.1) is 13.8 Å². The normalized spacial score (nSPS) is 12.6. The molecule has 0 saturated heterocycles. The lowest BCUT2D eigenvalue weighted by Gasteiger charge is -2.28. The number of carbonyl (C=O) groups is 1. The number of sulfonamides is 2. The Morgan fingerprint density at radius 3 is 2.18 bits per heavy atom. The number of hydrogen-bond acceptors (Lipinski definition) is 6. The first-order valence-electron chi connectivity index (χ1n) is 10.3. The fourth-order valence-corrected chi connectivity index (χ4v) is 5.48. The fraction of sp³-hybridized carbons (Fsp3) is 0.217. The van der Waals surface area contributed by atoms with Crippen molar-refractivity contribution in [2.75, 3.05) is 20.6 Å². The minimum absolute atomic E-state index is 0.00436. The molecule has 0 spiro atoms. The SMILES string of the molecule is Cc1ccc(N(C(C)C(=O)Nc2ccc(S(=O)(=O)Nc3cccnc3)cc2)S(C)(=O)=O)cc1C. The molecule has 0 saturated carbocycles. The third kappa shape index (κ3) is 5.91. The number of carbonyl (C=O) groups excluding carboxylic acids is 1. The van der Waals surface area contributed by atoms with Crippen molar-refractivity contribution in [1.82, 2.24) is 4.98 Å².